The number of sulfone groups is 1. The molecule has 1 aliphatic carbocycles. The lowest BCUT2D eigenvalue weighted by Gasteiger charge is -2.21. The molecular weight excluding hydrogens is 551 g/mol. The molecule has 2 aromatic carbocycles. The zero-order valence-corrected chi connectivity index (χ0v) is 25.6. The van der Waals surface area contributed by atoms with Gasteiger partial charge in [0.15, 0.2) is 9.84 Å². The van der Waals surface area contributed by atoms with Crippen molar-refractivity contribution in [2.45, 2.75) is 68.1 Å². The molecule has 218 valence electrons. The summed E-state index contributed by atoms with van der Waals surface area (Å²) in [4.78, 5) is 26.9. The summed E-state index contributed by atoms with van der Waals surface area (Å²) in [5, 5.41) is 21.3. The van der Waals surface area contributed by atoms with Crippen LogP contribution in [0.15, 0.2) is 41.3 Å². The van der Waals surface area contributed by atoms with Gasteiger partial charge in [0.1, 0.15) is 5.75 Å². The molecule has 3 rings (SSSR count). The zero-order valence-electron chi connectivity index (χ0n) is 23.8. The third kappa shape index (κ3) is 8.82. The van der Waals surface area contributed by atoms with Crippen molar-refractivity contribution in [2.75, 3.05) is 26.1 Å². The molecule has 1 fully saturated rings. The van der Waals surface area contributed by atoms with Crippen LogP contribution in [0.4, 0.5) is 10.5 Å². The Morgan fingerprint density at radius 2 is 1.80 bits per heavy atom. The normalized spacial score (nSPS) is 13.5. The average Bonchev–Trinajstić information content (AvgIpc) is 3.73. The van der Waals surface area contributed by atoms with Gasteiger partial charge >= 0.3 is 13.2 Å². The van der Waals surface area contributed by atoms with Gasteiger partial charge in [-0.3, -0.25) is 4.79 Å². The number of nitrogens with one attached hydrogen (secondary N) is 1. The number of ether oxygens (including phenoxy) is 2. The number of carbonyl (C=O) groups excluding carboxylic acids is 2. The van der Waals surface area contributed by atoms with Crippen molar-refractivity contribution in [3.63, 3.8) is 0 Å². The summed E-state index contributed by atoms with van der Waals surface area (Å²) in [6.45, 7) is 6.88. The Bertz CT molecular complexity index is 1330. The summed E-state index contributed by atoms with van der Waals surface area (Å²) in [7, 11) is -3.53. The van der Waals surface area contributed by atoms with E-state index in [0.717, 1.165) is 6.04 Å². The van der Waals surface area contributed by atoms with Crippen LogP contribution in [0.3, 0.4) is 0 Å². The monoisotopic (exact) mass is 590 g/mol. The number of methoxy groups -OCH3 is 1. The van der Waals surface area contributed by atoms with Crippen LogP contribution in [0, 0.1) is 0 Å². The quantitative estimate of drug-likeness (QED) is 0.303. The highest BCUT2D eigenvalue weighted by Crippen LogP contribution is 2.36. The number of anilines is 1. The summed E-state index contributed by atoms with van der Waals surface area (Å²) < 4.78 is 37.0. The van der Waals surface area contributed by atoms with Crippen molar-refractivity contribution in [1.29, 1.82) is 0 Å². The second kappa shape index (κ2) is 13.2. The molecule has 0 bridgehead atoms. The number of nitrogens with zero attached hydrogens (tertiary/aromatic N) is 1. The highest BCUT2D eigenvalue weighted by atomic mass is 32.2. The highest BCUT2D eigenvalue weighted by molar-refractivity contribution is 7.92. The number of aryl methyl sites for hydroxylation is 1. The van der Waals surface area contributed by atoms with Crippen LogP contribution < -0.4 is 15.5 Å². The number of rotatable bonds is 13. The van der Waals surface area contributed by atoms with Crippen LogP contribution in [0.2, 0.25) is 25.7 Å². The minimum atomic E-state index is -3.56. The Hall–Kier alpha value is -2.87. The molecule has 0 aliphatic heterocycles. The fourth-order valence-electron chi connectivity index (χ4n) is 4.12. The van der Waals surface area contributed by atoms with Gasteiger partial charge in [0.25, 0.3) is 0 Å². The van der Waals surface area contributed by atoms with Gasteiger partial charge < -0.3 is 29.7 Å². The zero-order chi connectivity index (χ0) is 29.7. The molecule has 0 unspecified atom stereocenters. The van der Waals surface area contributed by atoms with E-state index in [1.54, 1.807) is 31.3 Å². The fourth-order valence-corrected chi connectivity index (χ4v) is 6.69. The van der Waals surface area contributed by atoms with Gasteiger partial charge in [0.05, 0.1) is 30.4 Å². The number of amides is 2. The van der Waals surface area contributed by atoms with Gasteiger partial charge in [-0.05, 0) is 66.2 Å². The fraction of sp³-hybridized carbons (Fsp3) is 0.481. The first-order chi connectivity index (χ1) is 18.7. The minimum absolute atomic E-state index is 0.00422. The first-order valence-corrected chi connectivity index (χ1v) is 18.5. The van der Waals surface area contributed by atoms with E-state index >= 15 is 0 Å². The summed E-state index contributed by atoms with van der Waals surface area (Å²) in [6, 6.07) is 10.2. The minimum Gasteiger partial charge on any atom is -0.496 e. The second-order valence-electron chi connectivity index (χ2n) is 11.3. The standard InChI is InChI=1S/C27H39BN2O8SSi/c1-30(27(32)38-14-15-40(3,4)5)18-20-17-22(8-12-25(20)39(35,36)23-9-10-23)29-26(31)13-6-19-16-21(28(33)34)7-11-24(19)37-2/h7-8,11-12,16-17,23,33-34H,6,9-10,13-15,18H2,1-5H3,(H,29,31). The van der Waals surface area contributed by atoms with Gasteiger partial charge in [-0.1, -0.05) is 31.8 Å². The summed E-state index contributed by atoms with van der Waals surface area (Å²) >= 11 is 0. The maximum absolute atomic E-state index is 13.1. The first-order valence-electron chi connectivity index (χ1n) is 13.3. The van der Waals surface area contributed by atoms with Crippen molar-refractivity contribution in [2.24, 2.45) is 0 Å². The number of hydrogen-bond donors (Lipinski definition) is 3. The largest absolute Gasteiger partial charge is 0.496 e. The van der Waals surface area contributed by atoms with E-state index in [-0.39, 0.29) is 35.7 Å². The van der Waals surface area contributed by atoms with E-state index in [9.17, 15) is 28.1 Å². The second-order valence-corrected chi connectivity index (χ2v) is 19.2. The molecule has 1 saturated carbocycles. The van der Waals surface area contributed by atoms with Gasteiger partial charge in [-0.15, -0.1) is 0 Å². The predicted molar refractivity (Wildman–Crippen MR) is 157 cm³/mol. The average molecular weight is 591 g/mol. The number of benzene rings is 2. The molecule has 0 spiro atoms. The van der Waals surface area contributed by atoms with Crippen LogP contribution >= 0.6 is 0 Å². The number of hydrogen-bond acceptors (Lipinski definition) is 8. The van der Waals surface area contributed by atoms with E-state index in [2.05, 4.69) is 25.0 Å². The molecule has 40 heavy (non-hydrogen) atoms. The first kappa shape index (κ1) is 31.7. The topological polar surface area (TPSA) is 142 Å². The predicted octanol–water partition coefficient (Wildman–Crippen LogP) is 2.79. The molecular formula is C27H39BN2O8SSi. The van der Waals surface area contributed by atoms with E-state index in [1.165, 1.54) is 24.1 Å². The third-order valence-corrected chi connectivity index (χ3v) is 10.7. The maximum Gasteiger partial charge on any atom is 0.488 e. The smallest absolute Gasteiger partial charge is 0.488 e. The lowest BCUT2D eigenvalue weighted by atomic mass is 9.79. The van der Waals surface area contributed by atoms with Crippen molar-refractivity contribution in [3.8, 4) is 5.75 Å². The van der Waals surface area contributed by atoms with Crippen molar-refractivity contribution in [1.82, 2.24) is 4.90 Å². The van der Waals surface area contributed by atoms with Crippen LogP contribution in [0.25, 0.3) is 0 Å². The molecule has 2 amide bonds. The van der Waals surface area contributed by atoms with E-state index < -0.39 is 36.4 Å². The summed E-state index contributed by atoms with van der Waals surface area (Å²) in [6.07, 6.45) is 1.02. The van der Waals surface area contributed by atoms with Gasteiger partial charge in [-0.2, -0.15) is 0 Å². The number of carbonyl (C=O) groups is 2. The van der Waals surface area contributed by atoms with E-state index in [0.29, 0.717) is 42.0 Å². The van der Waals surface area contributed by atoms with Crippen molar-refractivity contribution >= 4 is 48.2 Å². The lowest BCUT2D eigenvalue weighted by molar-refractivity contribution is -0.116. The SMILES string of the molecule is COc1ccc(B(O)O)cc1CCC(=O)Nc1ccc(S(=O)(=O)C2CC2)c(CN(C)C(=O)OCC[Si](C)(C)C)c1. The molecule has 10 nitrogen and oxygen atoms in total. The Morgan fingerprint density at radius 3 is 2.40 bits per heavy atom. The Kier molecular flexibility index (Phi) is 10.4. The summed E-state index contributed by atoms with van der Waals surface area (Å²) in [5.74, 6) is 0.203. The molecule has 13 heteroatoms. The Balaban J connectivity index is 1.74. The maximum atomic E-state index is 13.1. The molecule has 2 aromatic rings. The van der Waals surface area contributed by atoms with Gasteiger partial charge in [0, 0.05) is 27.2 Å². The van der Waals surface area contributed by atoms with E-state index in [1.807, 2.05) is 0 Å². The third-order valence-electron chi connectivity index (χ3n) is 6.63. The van der Waals surface area contributed by atoms with Gasteiger partial charge in [-0.25, -0.2) is 13.2 Å². The van der Waals surface area contributed by atoms with Crippen LogP contribution in [0.5, 0.6) is 5.75 Å². The van der Waals surface area contributed by atoms with Crippen molar-refractivity contribution < 1.29 is 37.5 Å². The van der Waals surface area contributed by atoms with Crippen LogP contribution in [0.1, 0.15) is 30.4 Å². The molecule has 0 radical (unpaired) electrons. The van der Waals surface area contributed by atoms with Crippen LogP contribution in [-0.2, 0) is 32.3 Å². The van der Waals surface area contributed by atoms with Crippen molar-refractivity contribution in [3.05, 3.63) is 47.5 Å². The van der Waals surface area contributed by atoms with Gasteiger partial charge in [0.2, 0.25) is 5.91 Å². The highest BCUT2D eigenvalue weighted by Gasteiger charge is 2.38. The molecule has 0 aromatic heterocycles. The van der Waals surface area contributed by atoms with E-state index in [4.69, 9.17) is 9.47 Å². The molecule has 0 atom stereocenters. The Labute approximate surface area is 237 Å². The molecule has 3 N–H and O–H groups in total. The molecule has 0 saturated heterocycles. The summed E-state index contributed by atoms with van der Waals surface area (Å²) in [5.41, 5.74) is 1.74. The molecule has 0 heterocycles. The Morgan fingerprint density at radius 1 is 1.10 bits per heavy atom. The van der Waals surface area contributed by atoms with Crippen LogP contribution in [-0.4, -0.2) is 76.6 Å². The lowest BCUT2D eigenvalue weighted by Crippen LogP contribution is -2.30. The molecule has 1 aliphatic rings.